The third-order valence-corrected chi connectivity index (χ3v) is 7.63. The summed E-state index contributed by atoms with van der Waals surface area (Å²) in [5, 5.41) is 0.801. The Kier molecular flexibility index (Phi) is 7.08. The number of thiazole rings is 1. The van der Waals surface area contributed by atoms with E-state index in [4.69, 9.17) is 9.72 Å². The summed E-state index contributed by atoms with van der Waals surface area (Å²) in [4.78, 5) is 21.2. The SMILES string of the molecule is Cc1cc(C)c2sc(N(CC3CCCO3)C(=O)CCCSc3ccccc3)nc2c1. The third-order valence-electron chi connectivity index (χ3n) is 5.30. The molecule has 1 aliphatic heterocycles. The number of fused-ring (bicyclic) bond motifs is 1. The maximum Gasteiger partial charge on any atom is 0.228 e. The van der Waals surface area contributed by atoms with E-state index in [0.29, 0.717) is 13.0 Å². The molecule has 0 aliphatic carbocycles. The fourth-order valence-electron chi connectivity index (χ4n) is 3.82. The van der Waals surface area contributed by atoms with Crippen molar-refractivity contribution in [2.45, 2.75) is 50.5 Å². The molecule has 158 valence electrons. The van der Waals surface area contributed by atoms with Crippen LogP contribution in [0.5, 0.6) is 0 Å². The number of hydrogen-bond acceptors (Lipinski definition) is 5. The van der Waals surface area contributed by atoms with Crippen LogP contribution >= 0.6 is 23.1 Å². The number of anilines is 1. The van der Waals surface area contributed by atoms with Gasteiger partial charge in [-0.25, -0.2) is 4.98 Å². The van der Waals surface area contributed by atoms with Gasteiger partial charge < -0.3 is 4.74 Å². The highest BCUT2D eigenvalue weighted by molar-refractivity contribution is 7.99. The van der Waals surface area contributed by atoms with Crippen LogP contribution in [0.4, 0.5) is 5.13 Å². The molecule has 1 saturated heterocycles. The van der Waals surface area contributed by atoms with E-state index in [2.05, 4.69) is 38.1 Å². The van der Waals surface area contributed by atoms with Crippen LogP contribution in [0.3, 0.4) is 0 Å². The van der Waals surface area contributed by atoms with E-state index < -0.39 is 0 Å². The normalized spacial score (nSPS) is 16.3. The smallest absolute Gasteiger partial charge is 0.228 e. The molecule has 0 radical (unpaired) electrons. The zero-order chi connectivity index (χ0) is 20.9. The number of benzene rings is 2. The second-order valence-electron chi connectivity index (χ2n) is 7.83. The summed E-state index contributed by atoms with van der Waals surface area (Å²) in [5.41, 5.74) is 3.40. The third kappa shape index (κ3) is 5.23. The van der Waals surface area contributed by atoms with Crippen molar-refractivity contribution in [1.82, 2.24) is 4.98 Å². The minimum atomic E-state index is 0.113. The van der Waals surface area contributed by atoms with Gasteiger partial charge in [0.1, 0.15) is 0 Å². The Balaban J connectivity index is 1.46. The molecule has 1 amide bonds. The van der Waals surface area contributed by atoms with Gasteiger partial charge in [0.15, 0.2) is 5.13 Å². The Morgan fingerprint density at radius 1 is 1.27 bits per heavy atom. The lowest BCUT2D eigenvalue weighted by Crippen LogP contribution is -2.37. The zero-order valence-electron chi connectivity index (χ0n) is 17.6. The molecule has 1 aromatic heterocycles. The average Bonchev–Trinajstić information content (AvgIpc) is 3.39. The Hall–Kier alpha value is -1.89. The first-order valence-corrected chi connectivity index (χ1v) is 12.4. The van der Waals surface area contributed by atoms with Crippen molar-refractivity contribution in [3.63, 3.8) is 0 Å². The first kappa shape index (κ1) is 21.3. The standard InChI is InChI=1S/C24H28N2O2S2/c1-17-14-18(2)23-21(15-17)25-24(30-23)26(16-19-8-6-12-28-19)22(27)11-7-13-29-20-9-4-3-5-10-20/h3-5,9-10,14-15,19H,6-8,11-13,16H2,1-2H3. The molecular weight excluding hydrogens is 412 g/mol. The number of nitrogens with zero attached hydrogens (tertiary/aromatic N) is 2. The molecule has 6 heteroatoms. The molecule has 0 saturated carbocycles. The highest BCUT2D eigenvalue weighted by Crippen LogP contribution is 2.33. The number of rotatable bonds is 8. The van der Waals surface area contributed by atoms with E-state index in [9.17, 15) is 4.79 Å². The van der Waals surface area contributed by atoms with Crippen molar-refractivity contribution in [3.8, 4) is 0 Å². The van der Waals surface area contributed by atoms with Crippen LogP contribution in [0, 0.1) is 13.8 Å². The number of aryl methyl sites for hydroxylation is 2. The van der Waals surface area contributed by atoms with Crippen LogP contribution in [-0.4, -0.2) is 35.9 Å². The topological polar surface area (TPSA) is 42.4 Å². The van der Waals surface area contributed by atoms with Crippen molar-refractivity contribution in [1.29, 1.82) is 0 Å². The maximum absolute atomic E-state index is 13.2. The van der Waals surface area contributed by atoms with E-state index >= 15 is 0 Å². The van der Waals surface area contributed by atoms with Crippen LogP contribution in [0.1, 0.15) is 36.8 Å². The van der Waals surface area contributed by atoms with Gasteiger partial charge in [0, 0.05) is 17.9 Å². The van der Waals surface area contributed by atoms with Crippen molar-refractivity contribution < 1.29 is 9.53 Å². The minimum absolute atomic E-state index is 0.113. The molecule has 0 spiro atoms. The summed E-state index contributed by atoms with van der Waals surface area (Å²) in [5.74, 6) is 1.08. The van der Waals surface area contributed by atoms with Gasteiger partial charge >= 0.3 is 0 Å². The van der Waals surface area contributed by atoms with Crippen molar-refractivity contribution in [2.75, 3.05) is 23.8 Å². The van der Waals surface area contributed by atoms with Crippen LogP contribution in [0.2, 0.25) is 0 Å². The number of aromatic nitrogens is 1. The van der Waals surface area contributed by atoms with Crippen LogP contribution in [-0.2, 0) is 9.53 Å². The molecule has 1 fully saturated rings. The van der Waals surface area contributed by atoms with Gasteiger partial charge in [-0.05, 0) is 68.2 Å². The number of carbonyl (C=O) groups is 1. The largest absolute Gasteiger partial charge is 0.376 e. The Morgan fingerprint density at radius 2 is 2.10 bits per heavy atom. The Labute approximate surface area is 186 Å². The Bertz CT molecular complexity index is 997. The molecule has 0 N–H and O–H groups in total. The quantitative estimate of drug-likeness (QED) is 0.318. The fraction of sp³-hybridized carbons (Fsp3) is 0.417. The highest BCUT2D eigenvalue weighted by Gasteiger charge is 2.26. The molecule has 2 heterocycles. The lowest BCUT2D eigenvalue weighted by molar-refractivity contribution is -0.119. The molecule has 4 nitrogen and oxygen atoms in total. The summed E-state index contributed by atoms with van der Waals surface area (Å²) < 4.78 is 7.00. The lowest BCUT2D eigenvalue weighted by atomic mass is 10.1. The van der Waals surface area contributed by atoms with E-state index in [1.54, 1.807) is 23.1 Å². The van der Waals surface area contributed by atoms with Crippen molar-refractivity contribution in [2.24, 2.45) is 0 Å². The molecule has 3 aromatic rings. The predicted molar refractivity (Wildman–Crippen MR) is 127 cm³/mol. The minimum Gasteiger partial charge on any atom is -0.376 e. The molecule has 4 rings (SSSR count). The molecule has 1 aliphatic rings. The van der Waals surface area contributed by atoms with Gasteiger partial charge in [-0.1, -0.05) is 35.6 Å². The average molecular weight is 441 g/mol. The van der Waals surface area contributed by atoms with E-state index in [1.807, 2.05) is 23.1 Å². The summed E-state index contributed by atoms with van der Waals surface area (Å²) in [6.45, 7) is 5.59. The molecule has 30 heavy (non-hydrogen) atoms. The van der Waals surface area contributed by atoms with Crippen LogP contribution in [0.25, 0.3) is 10.2 Å². The first-order valence-electron chi connectivity index (χ1n) is 10.6. The summed E-state index contributed by atoms with van der Waals surface area (Å²) in [6.07, 6.45) is 3.57. The number of ether oxygens (including phenoxy) is 1. The monoisotopic (exact) mass is 440 g/mol. The molecule has 1 atom stereocenters. The molecular formula is C24H28N2O2S2. The molecule has 2 aromatic carbocycles. The second kappa shape index (κ2) is 9.94. The van der Waals surface area contributed by atoms with Gasteiger partial charge in [0.25, 0.3) is 0 Å². The number of amides is 1. The zero-order valence-corrected chi connectivity index (χ0v) is 19.2. The first-order chi connectivity index (χ1) is 14.6. The Morgan fingerprint density at radius 3 is 2.87 bits per heavy atom. The number of thioether (sulfide) groups is 1. The van der Waals surface area contributed by atoms with E-state index in [-0.39, 0.29) is 12.0 Å². The lowest BCUT2D eigenvalue weighted by Gasteiger charge is -2.23. The van der Waals surface area contributed by atoms with Crippen molar-refractivity contribution in [3.05, 3.63) is 53.6 Å². The summed E-state index contributed by atoms with van der Waals surface area (Å²) >= 11 is 3.42. The highest BCUT2D eigenvalue weighted by atomic mass is 32.2. The summed E-state index contributed by atoms with van der Waals surface area (Å²) in [7, 11) is 0. The predicted octanol–water partition coefficient (Wildman–Crippen LogP) is 6.00. The second-order valence-corrected chi connectivity index (χ2v) is 9.98. The van der Waals surface area contributed by atoms with Crippen LogP contribution in [0.15, 0.2) is 47.4 Å². The number of hydrogen-bond donors (Lipinski definition) is 0. The van der Waals surface area contributed by atoms with Gasteiger partial charge in [0.05, 0.1) is 22.9 Å². The number of carbonyl (C=O) groups excluding carboxylic acids is 1. The summed E-state index contributed by atoms with van der Waals surface area (Å²) in [6, 6.07) is 14.6. The van der Waals surface area contributed by atoms with Gasteiger partial charge in [-0.15, -0.1) is 11.8 Å². The van der Waals surface area contributed by atoms with E-state index in [1.165, 1.54) is 20.7 Å². The van der Waals surface area contributed by atoms with Crippen molar-refractivity contribution >= 4 is 44.4 Å². The molecule has 1 unspecified atom stereocenters. The van der Waals surface area contributed by atoms with Gasteiger partial charge in [-0.2, -0.15) is 0 Å². The van der Waals surface area contributed by atoms with Crippen LogP contribution < -0.4 is 4.90 Å². The maximum atomic E-state index is 13.2. The fourth-order valence-corrected chi connectivity index (χ4v) is 5.74. The van der Waals surface area contributed by atoms with Gasteiger partial charge in [0.2, 0.25) is 5.91 Å². The van der Waals surface area contributed by atoms with E-state index in [0.717, 1.165) is 42.3 Å². The molecule has 0 bridgehead atoms. The van der Waals surface area contributed by atoms with Gasteiger partial charge in [-0.3, -0.25) is 9.69 Å².